The van der Waals surface area contributed by atoms with Crippen LogP contribution in [0.5, 0.6) is 0 Å². The largest absolute Gasteiger partial charge is 0.339 e. The Hall–Kier alpha value is -2.39. The van der Waals surface area contributed by atoms with Crippen molar-refractivity contribution in [2.75, 3.05) is 39.3 Å². The predicted molar refractivity (Wildman–Crippen MR) is 91.3 cm³/mol. The van der Waals surface area contributed by atoms with Gasteiger partial charge < -0.3 is 15.1 Å². The van der Waals surface area contributed by atoms with Crippen LogP contribution in [0.1, 0.15) is 29.8 Å². The second-order valence-electron chi connectivity index (χ2n) is 6.40. The van der Waals surface area contributed by atoms with Crippen LogP contribution in [0.3, 0.4) is 0 Å². The van der Waals surface area contributed by atoms with Gasteiger partial charge in [-0.2, -0.15) is 5.26 Å². The molecule has 24 heavy (non-hydrogen) atoms. The highest BCUT2D eigenvalue weighted by Crippen LogP contribution is 2.10. The van der Waals surface area contributed by atoms with Gasteiger partial charge in [-0.25, -0.2) is 0 Å². The van der Waals surface area contributed by atoms with Crippen LogP contribution in [0.4, 0.5) is 0 Å². The number of nitriles is 1. The van der Waals surface area contributed by atoms with Crippen LogP contribution in [-0.2, 0) is 4.79 Å². The number of carbonyl (C=O) groups is 2. The van der Waals surface area contributed by atoms with E-state index in [4.69, 9.17) is 5.26 Å². The van der Waals surface area contributed by atoms with Gasteiger partial charge in [-0.05, 0) is 30.2 Å². The highest BCUT2D eigenvalue weighted by Gasteiger charge is 2.23. The summed E-state index contributed by atoms with van der Waals surface area (Å²) in [6, 6.07) is 8.57. The lowest BCUT2D eigenvalue weighted by molar-refractivity contribution is -0.132. The van der Waals surface area contributed by atoms with Crippen molar-refractivity contribution in [2.45, 2.75) is 13.8 Å². The summed E-state index contributed by atoms with van der Waals surface area (Å²) in [6.45, 7) is 7.61. The third-order valence-electron chi connectivity index (χ3n) is 3.93. The van der Waals surface area contributed by atoms with Crippen LogP contribution in [0, 0.1) is 17.2 Å². The number of nitrogens with zero attached hydrogens (tertiary/aromatic N) is 3. The zero-order valence-electron chi connectivity index (χ0n) is 14.3. The second-order valence-corrected chi connectivity index (χ2v) is 6.40. The lowest BCUT2D eigenvalue weighted by Gasteiger charge is -2.31. The fourth-order valence-electron chi connectivity index (χ4n) is 2.71. The number of piperazine rings is 1. The third kappa shape index (κ3) is 4.80. The molecule has 0 unspecified atom stereocenters. The standard InChI is InChI=1S/C18H24N4O2/c1-14(2)12-22(13-17(23)21-9-7-20-8-10-21)18(24)16-5-3-15(11-19)4-6-16/h3-6,14,20H,7-10,12-13H2,1-2H3. The highest BCUT2D eigenvalue weighted by molar-refractivity contribution is 5.96. The molecule has 0 aromatic heterocycles. The summed E-state index contributed by atoms with van der Waals surface area (Å²) in [7, 11) is 0. The average molecular weight is 328 g/mol. The van der Waals surface area contributed by atoms with E-state index in [1.165, 1.54) is 0 Å². The Morgan fingerprint density at radius 1 is 1.25 bits per heavy atom. The van der Waals surface area contributed by atoms with E-state index in [0.717, 1.165) is 13.1 Å². The first-order chi connectivity index (χ1) is 11.5. The Kier molecular flexibility index (Phi) is 6.33. The van der Waals surface area contributed by atoms with E-state index in [-0.39, 0.29) is 24.3 Å². The summed E-state index contributed by atoms with van der Waals surface area (Å²) in [5.41, 5.74) is 1.02. The number of hydrogen-bond donors (Lipinski definition) is 1. The molecule has 1 aromatic carbocycles. The van der Waals surface area contributed by atoms with Crippen LogP contribution in [0.15, 0.2) is 24.3 Å². The van der Waals surface area contributed by atoms with Gasteiger partial charge in [-0.1, -0.05) is 13.8 Å². The van der Waals surface area contributed by atoms with Gasteiger partial charge >= 0.3 is 0 Å². The molecule has 0 bridgehead atoms. The van der Waals surface area contributed by atoms with E-state index in [1.807, 2.05) is 19.9 Å². The molecule has 1 aromatic rings. The molecule has 2 rings (SSSR count). The fourth-order valence-corrected chi connectivity index (χ4v) is 2.71. The molecule has 1 saturated heterocycles. The predicted octanol–water partition coefficient (Wildman–Crippen LogP) is 1.09. The molecule has 0 aliphatic carbocycles. The first kappa shape index (κ1) is 18.0. The molecule has 0 atom stereocenters. The number of carbonyl (C=O) groups excluding carboxylic acids is 2. The molecule has 6 heteroatoms. The van der Waals surface area contributed by atoms with E-state index in [9.17, 15) is 9.59 Å². The van der Waals surface area contributed by atoms with Crippen LogP contribution in [0.25, 0.3) is 0 Å². The van der Waals surface area contributed by atoms with Crippen molar-refractivity contribution in [1.82, 2.24) is 15.1 Å². The number of hydrogen-bond acceptors (Lipinski definition) is 4. The number of nitrogens with one attached hydrogen (secondary N) is 1. The molecule has 0 saturated carbocycles. The van der Waals surface area contributed by atoms with Gasteiger partial charge in [0.25, 0.3) is 5.91 Å². The Morgan fingerprint density at radius 2 is 1.88 bits per heavy atom. The van der Waals surface area contributed by atoms with E-state index < -0.39 is 0 Å². The van der Waals surface area contributed by atoms with Crippen LogP contribution < -0.4 is 5.32 Å². The maximum Gasteiger partial charge on any atom is 0.254 e. The summed E-state index contributed by atoms with van der Waals surface area (Å²) in [5, 5.41) is 12.1. The van der Waals surface area contributed by atoms with Crippen molar-refractivity contribution in [3.8, 4) is 6.07 Å². The summed E-state index contributed by atoms with van der Waals surface area (Å²) in [4.78, 5) is 28.7. The monoisotopic (exact) mass is 328 g/mol. The molecule has 0 spiro atoms. The van der Waals surface area contributed by atoms with E-state index in [1.54, 1.807) is 34.1 Å². The van der Waals surface area contributed by atoms with Gasteiger partial charge in [0.05, 0.1) is 11.6 Å². The molecular formula is C18H24N4O2. The maximum absolute atomic E-state index is 12.8. The Morgan fingerprint density at radius 3 is 2.42 bits per heavy atom. The zero-order chi connectivity index (χ0) is 17.5. The van der Waals surface area contributed by atoms with Crippen molar-refractivity contribution in [3.63, 3.8) is 0 Å². The summed E-state index contributed by atoms with van der Waals surface area (Å²) in [5.74, 6) is 0.0824. The molecule has 0 radical (unpaired) electrons. The van der Waals surface area contributed by atoms with Gasteiger partial charge in [0, 0.05) is 38.3 Å². The molecular weight excluding hydrogens is 304 g/mol. The normalized spacial score (nSPS) is 14.3. The average Bonchev–Trinajstić information content (AvgIpc) is 2.61. The molecule has 6 nitrogen and oxygen atoms in total. The smallest absolute Gasteiger partial charge is 0.254 e. The molecule has 1 aliphatic rings. The Bertz CT molecular complexity index is 613. The van der Waals surface area contributed by atoms with Crippen molar-refractivity contribution >= 4 is 11.8 Å². The number of benzene rings is 1. The Balaban J connectivity index is 2.09. The second kappa shape index (κ2) is 8.46. The minimum absolute atomic E-state index is 0.0147. The Labute approximate surface area is 143 Å². The van der Waals surface area contributed by atoms with Crippen molar-refractivity contribution < 1.29 is 9.59 Å². The van der Waals surface area contributed by atoms with Crippen LogP contribution in [-0.4, -0.2) is 60.9 Å². The SMILES string of the molecule is CC(C)CN(CC(=O)N1CCNCC1)C(=O)c1ccc(C#N)cc1. The minimum atomic E-state index is -0.170. The first-order valence-electron chi connectivity index (χ1n) is 8.29. The zero-order valence-corrected chi connectivity index (χ0v) is 14.3. The summed E-state index contributed by atoms with van der Waals surface area (Å²) < 4.78 is 0. The lowest BCUT2D eigenvalue weighted by Crippen LogP contribution is -2.50. The van der Waals surface area contributed by atoms with Crippen LogP contribution in [0.2, 0.25) is 0 Å². The molecule has 2 amide bonds. The maximum atomic E-state index is 12.8. The lowest BCUT2D eigenvalue weighted by atomic mass is 10.1. The summed E-state index contributed by atoms with van der Waals surface area (Å²) >= 11 is 0. The first-order valence-corrected chi connectivity index (χ1v) is 8.29. The highest BCUT2D eigenvalue weighted by atomic mass is 16.2. The minimum Gasteiger partial charge on any atom is -0.339 e. The quantitative estimate of drug-likeness (QED) is 0.878. The van der Waals surface area contributed by atoms with Gasteiger partial charge in [0.1, 0.15) is 6.54 Å². The third-order valence-corrected chi connectivity index (χ3v) is 3.93. The van der Waals surface area contributed by atoms with E-state index in [0.29, 0.717) is 30.8 Å². The van der Waals surface area contributed by atoms with Crippen molar-refractivity contribution in [2.24, 2.45) is 5.92 Å². The van der Waals surface area contributed by atoms with E-state index >= 15 is 0 Å². The topological polar surface area (TPSA) is 76.4 Å². The molecule has 1 aliphatic heterocycles. The van der Waals surface area contributed by atoms with Crippen molar-refractivity contribution in [3.05, 3.63) is 35.4 Å². The molecule has 1 fully saturated rings. The van der Waals surface area contributed by atoms with Crippen molar-refractivity contribution in [1.29, 1.82) is 5.26 Å². The molecule has 1 N–H and O–H groups in total. The summed E-state index contributed by atoms with van der Waals surface area (Å²) in [6.07, 6.45) is 0. The number of amides is 2. The van der Waals surface area contributed by atoms with Gasteiger partial charge in [-0.15, -0.1) is 0 Å². The van der Waals surface area contributed by atoms with Gasteiger partial charge in [0.2, 0.25) is 5.91 Å². The fraction of sp³-hybridized carbons (Fsp3) is 0.500. The molecule has 1 heterocycles. The number of rotatable bonds is 5. The molecule has 128 valence electrons. The van der Waals surface area contributed by atoms with E-state index in [2.05, 4.69) is 5.32 Å². The van der Waals surface area contributed by atoms with Crippen LogP contribution >= 0.6 is 0 Å². The van der Waals surface area contributed by atoms with Gasteiger partial charge in [0.15, 0.2) is 0 Å². The van der Waals surface area contributed by atoms with Gasteiger partial charge in [-0.3, -0.25) is 9.59 Å².